The summed E-state index contributed by atoms with van der Waals surface area (Å²) in [5.74, 6) is 1.10. The molecule has 3 rings (SSSR count). The molecule has 1 aliphatic heterocycles. The third-order valence-electron chi connectivity index (χ3n) is 4.15. The molecule has 4 nitrogen and oxygen atoms in total. The number of hydrogen-bond acceptors (Lipinski definition) is 3. The van der Waals surface area contributed by atoms with E-state index in [4.69, 9.17) is 9.05 Å². The lowest BCUT2D eigenvalue weighted by atomic mass is 9.85. The average molecular weight is 281 g/mol. The standard InChI is InChI=1S/C14H20NO3P/c1-15-14-10-6-5-7-12(14)11-17-19(15,16)18-13-8-3-2-4-9-13/h2-4,8-9,12,14H,5-7,10-11H2,1H3/t12-,14-,19?/m0/s1. The average Bonchev–Trinajstić information content (AvgIpc) is 2.45. The molecule has 3 atom stereocenters. The van der Waals surface area contributed by atoms with Gasteiger partial charge in [-0.2, -0.15) is 4.67 Å². The Morgan fingerprint density at radius 1 is 1.26 bits per heavy atom. The van der Waals surface area contributed by atoms with Gasteiger partial charge in [-0.05, 0) is 37.9 Å². The summed E-state index contributed by atoms with van der Waals surface area (Å²) in [6, 6.07) is 9.60. The Labute approximate surface area is 114 Å². The minimum atomic E-state index is -3.18. The molecule has 0 spiro atoms. The van der Waals surface area contributed by atoms with E-state index in [1.54, 1.807) is 0 Å². The minimum absolute atomic E-state index is 0.331. The molecule has 0 bridgehead atoms. The maximum absolute atomic E-state index is 12.9. The molecule has 19 heavy (non-hydrogen) atoms. The first-order valence-electron chi connectivity index (χ1n) is 6.91. The Hall–Kier alpha value is -0.830. The van der Waals surface area contributed by atoms with Gasteiger partial charge in [0.25, 0.3) is 0 Å². The van der Waals surface area contributed by atoms with Gasteiger partial charge in [-0.1, -0.05) is 31.0 Å². The van der Waals surface area contributed by atoms with E-state index >= 15 is 0 Å². The minimum Gasteiger partial charge on any atom is -0.413 e. The number of rotatable bonds is 2. The molecule has 1 aromatic carbocycles. The number of para-hydroxylation sites is 1. The molecule has 0 aromatic heterocycles. The quantitative estimate of drug-likeness (QED) is 0.775. The molecule has 1 aromatic rings. The summed E-state index contributed by atoms with van der Waals surface area (Å²) < 4.78 is 26.0. The van der Waals surface area contributed by atoms with Gasteiger partial charge < -0.3 is 4.52 Å². The summed E-state index contributed by atoms with van der Waals surface area (Å²) in [7, 11) is -1.32. The molecular weight excluding hydrogens is 261 g/mol. The molecule has 1 heterocycles. The second-order valence-electron chi connectivity index (χ2n) is 5.35. The first kappa shape index (κ1) is 13.2. The van der Waals surface area contributed by atoms with Crippen LogP contribution in [0.25, 0.3) is 0 Å². The summed E-state index contributed by atoms with van der Waals surface area (Å²) in [6.45, 7) is 0.555. The molecule has 2 aliphatic rings. The van der Waals surface area contributed by atoms with Crippen LogP contribution in [0.1, 0.15) is 25.7 Å². The van der Waals surface area contributed by atoms with Crippen LogP contribution < -0.4 is 4.52 Å². The maximum atomic E-state index is 12.9. The van der Waals surface area contributed by atoms with Gasteiger partial charge in [0, 0.05) is 6.04 Å². The van der Waals surface area contributed by atoms with Gasteiger partial charge in [0.15, 0.2) is 0 Å². The molecule has 0 amide bonds. The molecule has 1 saturated carbocycles. The van der Waals surface area contributed by atoms with E-state index < -0.39 is 7.75 Å². The van der Waals surface area contributed by atoms with Gasteiger partial charge in [-0.3, -0.25) is 4.52 Å². The predicted octanol–water partition coefficient (Wildman–Crippen LogP) is 3.69. The van der Waals surface area contributed by atoms with Crippen LogP contribution in [-0.4, -0.2) is 24.4 Å². The predicted molar refractivity (Wildman–Crippen MR) is 74.1 cm³/mol. The molecule has 2 fully saturated rings. The second-order valence-corrected chi connectivity index (χ2v) is 7.36. The lowest BCUT2D eigenvalue weighted by Gasteiger charge is -2.44. The molecule has 104 valence electrons. The Bertz CT molecular complexity index is 479. The second kappa shape index (κ2) is 5.28. The lowest BCUT2D eigenvalue weighted by molar-refractivity contribution is 0.0588. The van der Waals surface area contributed by atoms with Crippen LogP contribution in [0.3, 0.4) is 0 Å². The van der Waals surface area contributed by atoms with Gasteiger partial charge in [0.05, 0.1) is 6.61 Å². The molecule has 0 radical (unpaired) electrons. The van der Waals surface area contributed by atoms with Crippen LogP contribution in [0, 0.1) is 5.92 Å². The van der Waals surface area contributed by atoms with Crippen molar-refractivity contribution in [3.05, 3.63) is 30.3 Å². The van der Waals surface area contributed by atoms with E-state index in [1.807, 2.05) is 42.0 Å². The number of hydrogen-bond donors (Lipinski definition) is 0. The third-order valence-corrected chi connectivity index (χ3v) is 6.14. The molecule has 1 aliphatic carbocycles. The molecular formula is C14H20NO3P. The summed E-state index contributed by atoms with van der Waals surface area (Å²) in [6.07, 6.45) is 4.71. The highest BCUT2D eigenvalue weighted by Crippen LogP contribution is 2.57. The highest BCUT2D eigenvalue weighted by Gasteiger charge is 2.46. The molecule has 5 heteroatoms. The zero-order chi connectivity index (χ0) is 13.3. The maximum Gasteiger partial charge on any atom is 0.461 e. The van der Waals surface area contributed by atoms with Gasteiger partial charge in [0.2, 0.25) is 0 Å². The lowest BCUT2D eigenvalue weighted by Crippen LogP contribution is -2.45. The first-order chi connectivity index (χ1) is 9.19. The van der Waals surface area contributed by atoms with Crippen LogP contribution in [0.15, 0.2) is 30.3 Å². The van der Waals surface area contributed by atoms with Gasteiger partial charge in [0.1, 0.15) is 5.75 Å². The van der Waals surface area contributed by atoms with Gasteiger partial charge in [-0.15, -0.1) is 0 Å². The molecule has 1 saturated heterocycles. The van der Waals surface area contributed by atoms with E-state index in [1.165, 1.54) is 19.3 Å². The van der Waals surface area contributed by atoms with E-state index in [-0.39, 0.29) is 0 Å². The third kappa shape index (κ3) is 2.58. The topological polar surface area (TPSA) is 38.8 Å². The van der Waals surface area contributed by atoms with Crippen LogP contribution in [-0.2, 0) is 9.09 Å². The number of fused-ring (bicyclic) bond motifs is 1. The monoisotopic (exact) mass is 281 g/mol. The Balaban J connectivity index is 1.78. The Kier molecular flexibility index (Phi) is 3.66. The first-order valence-corrected chi connectivity index (χ1v) is 8.41. The SMILES string of the molecule is CN1[C@H]2CCCC[C@H]2COP1(=O)Oc1ccccc1. The summed E-state index contributed by atoms with van der Waals surface area (Å²) in [5, 5.41) is 0. The number of nitrogens with zero attached hydrogens (tertiary/aromatic N) is 1. The van der Waals surface area contributed by atoms with Crippen molar-refractivity contribution < 1.29 is 13.6 Å². The highest BCUT2D eigenvalue weighted by molar-refractivity contribution is 7.51. The van der Waals surface area contributed by atoms with Crippen LogP contribution >= 0.6 is 7.75 Å². The van der Waals surface area contributed by atoms with Gasteiger partial charge >= 0.3 is 7.75 Å². The zero-order valence-electron chi connectivity index (χ0n) is 11.2. The van der Waals surface area contributed by atoms with Crippen molar-refractivity contribution in [1.29, 1.82) is 0 Å². The van der Waals surface area contributed by atoms with E-state index in [0.29, 0.717) is 24.3 Å². The smallest absolute Gasteiger partial charge is 0.413 e. The highest BCUT2D eigenvalue weighted by atomic mass is 31.2. The van der Waals surface area contributed by atoms with Crippen molar-refractivity contribution in [1.82, 2.24) is 4.67 Å². The summed E-state index contributed by atoms with van der Waals surface area (Å²) in [4.78, 5) is 0. The van der Waals surface area contributed by atoms with E-state index in [0.717, 1.165) is 6.42 Å². The zero-order valence-corrected chi connectivity index (χ0v) is 12.1. The normalized spacial score (nSPS) is 35.6. The van der Waals surface area contributed by atoms with Crippen molar-refractivity contribution >= 4 is 7.75 Å². The van der Waals surface area contributed by atoms with Crippen molar-refractivity contribution in [3.8, 4) is 5.75 Å². The Morgan fingerprint density at radius 3 is 2.79 bits per heavy atom. The van der Waals surface area contributed by atoms with E-state index in [9.17, 15) is 4.57 Å². The van der Waals surface area contributed by atoms with Crippen LogP contribution in [0.4, 0.5) is 0 Å². The molecule has 1 unspecified atom stereocenters. The summed E-state index contributed by atoms with van der Waals surface area (Å²) >= 11 is 0. The van der Waals surface area contributed by atoms with Crippen LogP contribution in [0.2, 0.25) is 0 Å². The largest absolute Gasteiger partial charge is 0.461 e. The number of benzene rings is 1. The van der Waals surface area contributed by atoms with Crippen molar-refractivity contribution in [2.24, 2.45) is 5.92 Å². The fourth-order valence-corrected chi connectivity index (χ4v) is 4.84. The van der Waals surface area contributed by atoms with Gasteiger partial charge in [-0.25, -0.2) is 4.57 Å². The van der Waals surface area contributed by atoms with Crippen molar-refractivity contribution in [2.75, 3.05) is 13.7 Å². The summed E-state index contributed by atoms with van der Waals surface area (Å²) in [5.41, 5.74) is 0. The fraction of sp³-hybridized carbons (Fsp3) is 0.571. The van der Waals surface area contributed by atoms with E-state index in [2.05, 4.69) is 0 Å². The van der Waals surface area contributed by atoms with Crippen molar-refractivity contribution in [2.45, 2.75) is 31.7 Å². The van der Waals surface area contributed by atoms with Crippen molar-refractivity contribution in [3.63, 3.8) is 0 Å². The van der Waals surface area contributed by atoms with Crippen LogP contribution in [0.5, 0.6) is 5.75 Å². The molecule has 0 N–H and O–H groups in total. The fourth-order valence-electron chi connectivity index (χ4n) is 3.04. The Morgan fingerprint density at radius 2 is 2.00 bits per heavy atom.